The van der Waals surface area contributed by atoms with Gasteiger partial charge in [0.1, 0.15) is 6.07 Å². The number of hydrogen-bond donors (Lipinski definition) is 0. The first-order valence-corrected chi connectivity index (χ1v) is 8.10. The lowest BCUT2D eigenvalue weighted by Gasteiger charge is -2.15. The van der Waals surface area contributed by atoms with E-state index in [4.69, 9.17) is 10.00 Å². The summed E-state index contributed by atoms with van der Waals surface area (Å²) in [4.78, 5) is 11.9. The van der Waals surface area contributed by atoms with Gasteiger partial charge in [-0.05, 0) is 44.0 Å². The van der Waals surface area contributed by atoms with E-state index < -0.39 is 22.1 Å². The summed E-state index contributed by atoms with van der Waals surface area (Å²) in [6.45, 7) is 2.53. The first-order chi connectivity index (χ1) is 9.95. The summed E-state index contributed by atoms with van der Waals surface area (Å²) in [7, 11) is -3.48. The Morgan fingerprint density at radius 3 is 2.38 bits per heavy atom. The number of carbonyl (C=O) groups excluding carboxylic acids is 1. The van der Waals surface area contributed by atoms with Crippen LogP contribution in [0.15, 0.2) is 29.2 Å². The molecule has 7 heteroatoms. The highest BCUT2D eigenvalue weighted by molar-refractivity contribution is 7.89. The molecule has 1 aromatic carbocycles. The van der Waals surface area contributed by atoms with Crippen molar-refractivity contribution in [3.8, 4) is 6.07 Å². The van der Waals surface area contributed by atoms with Gasteiger partial charge in [0.2, 0.25) is 10.0 Å². The van der Waals surface area contributed by atoms with Gasteiger partial charge in [-0.2, -0.15) is 9.57 Å². The number of sulfonamides is 1. The second-order valence-corrected chi connectivity index (χ2v) is 6.75. The van der Waals surface area contributed by atoms with Crippen molar-refractivity contribution in [2.24, 2.45) is 0 Å². The highest BCUT2D eigenvalue weighted by Gasteiger charge is 2.27. The van der Waals surface area contributed by atoms with Crippen molar-refractivity contribution in [2.45, 2.75) is 30.8 Å². The monoisotopic (exact) mass is 308 g/mol. The van der Waals surface area contributed by atoms with Gasteiger partial charge < -0.3 is 4.74 Å². The smallest absolute Gasteiger partial charge is 0.339 e. The number of carbonyl (C=O) groups is 1. The molecule has 2 rings (SSSR count). The van der Waals surface area contributed by atoms with Crippen molar-refractivity contribution in [3.63, 3.8) is 0 Å². The largest absolute Gasteiger partial charge is 0.444 e. The Kier molecular flexibility index (Phi) is 4.60. The van der Waals surface area contributed by atoms with Crippen LogP contribution in [0, 0.1) is 11.3 Å². The lowest BCUT2D eigenvalue weighted by molar-refractivity contribution is 0.0435. The van der Waals surface area contributed by atoms with Gasteiger partial charge in [-0.1, -0.05) is 0 Å². The summed E-state index contributed by atoms with van der Waals surface area (Å²) < 4.78 is 30.9. The molecule has 0 amide bonds. The van der Waals surface area contributed by atoms with Gasteiger partial charge in [-0.15, -0.1) is 0 Å². The van der Waals surface area contributed by atoms with Crippen LogP contribution < -0.4 is 0 Å². The maximum atomic E-state index is 12.3. The molecule has 1 heterocycles. The van der Waals surface area contributed by atoms with Crippen molar-refractivity contribution < 1.29 is 17.9 Å². The highest BCUT2D eigenvalue weighted by Crippen LogP contribution is 2.21. The van der Waals surface area contributed by atoms with E-state index in [1.807, 2.05) is 0 Å². The third kappa shape index (κ3) is 3.40. The molecule has 0 aromatic heterocycles. The average molecular weight is 308 g/mol. The molecule has 1 aromatic rings. The molecule has 0 unspecified atom stereocenters. The van der Waals surface area contributed by atoms with Crippen LogP contribution in [0.3, 0.4) is 0 Å². The molecular formula is C14H16N2O4S. The molecule has 0 spiro atoms. The van der Waals surface area contributed by atoms with Gasteiger partial charge in [0.25, 0.3) is 0 Å². The van der Waals surface area contributed by atoms with Gasteiger partial charge in [-0.3, -0.25) is 0 Å². The Labute approximate surface area is 124 Å². The zero-order valence-corrected chi connectivity index (χ0v) is 12.5. The van der Waals surface area contributed by atoms with Crippen LogP contribution in [0.1, 0.15) is 30.1 Å². The first-order valence-electron chi connectivity index (χ1n) is 6.66. The van der Waals surface area contributed by atoms with Gasteiger partial charge in [0, 0.05) is 13.1 Å². The van der Waals surface area contributed by atoms with Crippen LogP contribution in [0.25, 0.3) is 0 Å². The number of benzene rings is 1. The van der Waals surface area contributed by atoms with E-state index in [1.165, 1.54) is 35.5 Å². The van der Waals surface area contributed by atoms with Crippen LogP contribution >= 0.6 is 0 Å². The number of rotatable bonds is 4. The summed E-state index contributed by atoms with van der Waals surface area (Å²) in [5.74, 6) is -0.644. The Bertz CT molecular complexity index is 655. The number of esters is 1. The molecule has 0 saturated carbocycles. The van der Waals surface area contributed by atoms with E-state index in [2.05, 4.69) is 0 Å². The molecule has 112 valence electrons. The molecule has 1 saturated heterocycles. The standard InChI is InChI=1S/C14H16N2O4S/c1-11(10-15)20-14(17)12-4-6-13(7-5-12)21(18,19)16-8-2-3-9-16/h4-7,11H,2-3,8-9H2,1H3/t11-/m1/s1. The van der Waals surface area contributed by atoms with E-state index in [-0.39, 0.29) is 10.5 Å². The molecule has 0 bridgehead atoms. The predicted molar refractivity (Wildman–Crippen MR) is 74.9 cm³/mol. The van der Waals surface area contributed by atoms with Crippen molar-refractivity contribution in [3.05, 3.63) is 29.8 Å². The minimum Gasteiger partial charge on any atom is -0.444 e. The minimum absolute atomic E-state index is 0.161. The molecule has 1 fully saturated rings. The molecule has 1 aliphatic heterocycles. The molecule has 1 aliphatic rings. The molecule has 1 atom stereocenters. The fraction of sp³-hybridized carbons (Fsp3) is 0.429. The summed E-state index contributed by atoms with van der Waals surface area (Å²) >= 11 is 0. The number of hydrogen-bond acceptors (Lipinski definition) is 5. The average Bonchev–Trinajstić information content (AvgIpc) is 3.02. The van der Waals surface area contributed by atoms with Crippen molar-refractivity contribution in [2.75, 3.05) is 13.1 Å². The lowest BCUT2D eigenvalue weighted by Crippen LogP contribution is -2.27. The van der Waals surface area contributed by atoms with Crippen molar-refractivity contribution in [1.82, 2.24) is 4.31 Å². The van der Waals surface area contributed by atoms with Gasteiger partial charge >= 0.3 is 5.97 Å². The summed E-state index contributed by atoms with van der Waals surface area (Å²) in [5.41, 5.74) is 0.220. The Morgan fingerprint density at radius 2 is 1.86 bits per heavy atom. The summed E-state index contributed by atoms with van der Waals surface area (Å²) in [6, 6.07) is 7.37. The van der Waals surface area contributed by atoms with Gasteiger partial charge in [-0.25, -0.2) is 13.2 Å². The second-order valence-electron chi connectivity index (χ2n) is 4.81. The van der Waals surface area contributed by atoms with E-state index in [9.17, 15) is 13.2 Å². The third-order valence-electron chi connectivity index (χ3n) is 3.26. The van der Waals surface area contributed by atoms with Gasteiger partial charge in [0.05, 0.1) is 10.5 Å². The van der Waals surface area contributed by atoms with Crippen LogP contribution in [-0.4, -0.2) is 37.9 Å². The summed E-state index contributed by atoms with van der Waals surface area (Å²) in [5, 5.41) is 8.59. The van der Waals surface area contributed by atoms with E-state index in [0.29, 0.717) is 13.1 Å². The summed E-state index contributed by atoms with van der Waals surface area (Å²) in [6.07, 6.45) is 0.899. The van der Waals surface area contributed by atoms with E-state index in [0.717, 1.165) is 12.8 Å². The molecule has 0 radical (unpaired) electrons. The fourth-order valence-corrected chi connectivity index (χ4v) is 3.61. The first kappa shape index (κ1) is 15.5. The predicted octanol–water partition coefficient (Wildman–Crippen LogP) is 1.54. The topological polar surface area (TPSA) is 87.5 Å². The Balaban J connectivity index is 2.15. The molecule has 21 heavy (non-hydrogen) atoms. The maximum Gasteiger partial charge on any atom is 0.339 e. The lowest BCUT2D eigenvalue weighted by atomic mass is 10.2. The van der Waals surface area contributed by atoms with Crippen LogP contribution in [0.2, 0.25) is 0 Å². The Hall–Kier alpha value is -1.91. The minimum atomic E-state index is -3.48. The van der Waals surface area contributed by atoms with Crippen LogP contribution in [0.4, 0.5) is 0 Å². The zero-order valence-electron chi connectivity index (χ0n) is 11.7. The van der Waals surface area contributed by atoms with E-state index in [1.54, 1.807) is 6.07 Å². The van der Waals surface area contributed by atoms with Crippen molar-refractivity contribution in [1.29, 1.82) is 5.26 Å². The Morgan fingerprint density at radius 1 is 1.29 bits per heavy atom. The zero-order chi connectivity index (χ0) is 15.5. The number of nitrogens with zero attached hydrogens (tertiary/aromatic N) is 2. The molecule has 0 N–H and O–H groups in total. The molecule has 6 nitrogen and oxygen atoms in total. The number of nitriles is 1. The highest BCUT2D eigenvalue weighted by atomic mass is 32.2. The third-order valence-corrected chi connectivity index (χ3v) is 5.17. The molecule has 0 aliphatic carbocycles. The SMILES string of the molecule is C[C@H](C#N)OC(=O)c1ccc(S(=O)(=O)N2CCCC2)cc1. The second kappa shape index (κ2) is 6.24. The quantitative estimate of drug-likeness (QED) is 0.787. The molecular weight excluding hydrogens is 292 g/mol. The van der Waals surface area contributed by atoms with E-state index >= 15 is 0 Å². The van der Waals surface area contributed by atoms with Crippen LogP contribution in [0.5, 0.6) is 0 Å². The van der Waals surface area contributed by atoms with Crippen LogP contribution in [-0.2, 0) is 14.8 Å². The normalized spacial score (nSPS) is 17.1. The fourth-order valence-electron chi connectivity index (χ4n) is 2.10. The van der Waals surface area contributed by atoms with Crippen molar-refractivity contribution >= 4 is 16.0 Å². The van der Waals surface area contributed by atoms with Gasteiger partial charge in [0.15, 0.2) is 6.10 Å². The number of ether oxygens (including phenoxy) is 1. The maximum absolute atomic E-state index is 12.3.